The van der Waals surface area contributed by atoms with Gasteiger partial charge >= 0.3 is 0 Å². The van der Waals surface area contributed by atoms with Crippen molar-refractivity contribution in [1.29, 1.82) is 0 Å². The second kappa shape index (κ2) is 8.83. The Morgan fingerprint density at radius 2 is 1.16 bits per heavy atom. The van der Waals surface area contributed by atoms with E-state index < -0.39 is 18.4 Å². The summed E-state index contributed by atoms with van der Waals surface area (Å²) in [6.07, 6.45) is 0. The lowest BCUT2D eigenvalue weighted by atomic mass is 10.2. The molecule has 0 unspecified atom stereocenters. The highest BCUT2D eigenvalue weighted by atomic mass is 32.2. The van der Waals surface area contributed by atoms with Gasteiger partial charge in [-0.1, -0.05) is 47.6 Å². The van der Waals surface area contributed by atoms with Gasteiger partial charge in [0.15, 0.2) is 0 Å². The molecule has 1 rings (SSSR count). The van der Waals surface area contributed by atoms with E-state index in [1.165, 1.54) is 0 Å². The van der Waals surface area contributed by atoms with Gasteiger partial charge < -0.3 is 3.87 Å². The fraction of sp³-hybridized carbons (Fsp3) is 0.700. The van der Waals surface area contributed by atoms with Crippen molar-refractivity contribution in [3.63, 3.8) is 0 Å². The summed E-state index contributed by atoms with van der Waals surface area (Å²) >= 11 is 0. The Labute approximate surface area is 156 Å². The zero-order chi connectivity index (χ0) is 19.4. The molecule has 0 saturated carbocycles. The summed E-state index contributed by atoms with van der Waals surface area (Å²) in [6, 6.07) is 8.08. The lowest BCUT2D eigenvalue weighted by Crippen LogP contribution is -2.44. The molecule has 0 saturated heterocycles. The predicted molar refractivity (Wildman–Crippen MR) is 109 cm³/mol. The van der Waals surface area contributed by atoms with Crippen LogP contribution in [-0.4, -0.2) is 16.7 Å². The Morgan fingerprint density at radius 3 is 1.48 bits per heavy atom. The molecule has 144 valence electrons. The van der Waals surface area contributed by atoms with Gasteiger partial charge in [-0.15, -0.1) is 0 Å². The van der Waals surface area contributed by atoms with Crippen LogP contribution in [0, 0.1) is 31.6 Å². The van der Waals surface area contributed by atoms with E-state index in [4.69, 9.17) is 3.87 Å². The number of hydrogen-bond donors (Lipinski definition) is 0. The molecule has 0 bridgehead atoms. The van der Waals surface area contributed by atoms with Crippen molar-refractivity contribution in [3.8, 4) is 0 Å². The maximum Gasteiger partial charge on any atom is 0.287 e. The van der Waals surface area contributed by atoms with E-state index in [0.29, 0.717) is 22.6 Å². The summed E-state index contributed by atoms with van der Waals surface area (Å²) in [5.74, 6) is 1.29. The molecule has 0 heterocycles. The molecule has 0 aliphatic carbocycles. The Hall–Kier alpha value is -0.653. The summed E-state index contributed by atoms with van der Waals surface area (Å²) in [7, 11) is -6.16. The van der Waals surface area contributed by atoms with Crippen LogP contribution >= 0.6 is 0 Å². The molecular formula is C20H36O3SSi. The van der Waals surface area contributed by atoms with E-state index in [9.17, 15) is 8.42 Å². The third-order valence-electron chi connectivity index (χ3n) is 4.11. The molecule has 0 atom stereocenters. The van der Waals surface area contributed by atoms with Crippen LogP contribution in [0.25, 0.3) is 0 Å². The predicted octanol–water partition coefficient (Wildman–Crippen LogP) is 5.92. The summed E-state index contributed by atoms with van der Waals surface area (Å²) in [5, 5.41) is 0. The fourth-order valence-corrected chi connectivity index (χ4v) is 12.6. The fourth-order valence-electron chi connectivity index (χ4n) is 3.94. The summed E-state index contributed by atoms with van der Waals surface area (Å²) in [4.78, 5) is 0.304. The van der Waals surface area contributed by atoms with Crippen molar-refractivity contribution in [2.75, 3.05) is 0 Å². The molecule has 3 nitrogen and oxygen atoms in total. The molecule has 5 heteroatoms. The van der Waals surface area contributed by atoms with Crippen LogP contribution in [0.15, 0.2) is 23.1 Å². The van der Waals surface area contributed by atoms with E-state index >= 15 is 0 Å². The number of aryl methyl sites for hydroxylation is 2. The Morgan fingerprint density at radius 1 is 0.800 bits per heavy atom. The number of rotatable bonds is 9. The highest BCUT2D eigenvalue weighted by Gasteiger charge is 2.42. The van der Waals surface area contributed by atoms with E-state index in [0.717, 1.165) is 29.3 Å². The molecule has 0 radical (unpaired) electrons. The number of benzene rings is 1. The van der Waals surface area contributed by atoms with Crippen LogP contribution in [-0.2, 0) is 14.0 Å². The van der Waals surface area contributed by atoms with Gasteiger partial charge in [-0.2, -0.15) is 8.42 Å². The van der Waals surface area contributed by atoms with Crippen LogP contribution in [0.4, 0.5) is 0 Å². The first kappa shape index (κ1) is 22.4. The van der Waals surface area contributed by atoms with Crippen LogP contribution in [0.1, 0.15) is 52.7 Å². The van der Waals surface area contributed by atoms with E-state index in [2.05, 4.69) is 41.5 Å². The first-order valence-electron chi connectivity index (χ1n) is 9.39. The molecule has 0 N–H and O–H groups in total. The standard InChI is InChI=1S/C20H36O3SSi/c1-15(2)12-25(13-16(3)4,14-17(5)6)23-24(21,22)20-10-18(7)9-19(8)11-20/h9-11,15-17H,12-14H2,1-8H3. The average Bonchev–Trinajstić information content (AvgIpc) is 2.33. The monoisotopic (exact) mass is 384 g/mol. The van der Waals surface area contributed by atoms with Crippen LogP contribution in [0.3, 0.4) is 0 Å². The van der Waals surface area contributed by atoms with Crippen LogP contribution in [0.2, 0.25) is 18.1 Å². The molecule has 0 fully saturated rings. The lowest BCUT2D eigenvalue weighted by Gasteiger charge is -2.35. The van der Waals surface area contributed by atoms with Crippen molar-refractivity contribution < 1.29 is 12.3 Å². The molecule has 0 amide bonds. The summed E-state index contributed by atoms with van der Waals surface area (Å²) in [6.45, 7) is 16.8. The van der Waals surface area contributed by atoms with Gasteiger partial charge in [0.25, 0.3) is 10.1 Å². The zero-order valence-electron chi connectivity index (χ0n) is 17.2. The average molecular weight is 385 g/mol. The maximum absolute atomic E-state index is 13.1. The Kier molecular flexibility index (Phi) is 7.90. The first-order chi connectivity index (χ1) is 11.3. The van der Waals surface area contributed by atoms with E-state index in [1.54, 1.807) is 12.1 Å². The van der Waals surface area contributed by atoms with Crippen molar-refractivity contribution in [2.45, 2.75) is 78.4 Å². The van der Waals surface area contributed by atoms with Crippen molar-refractivity contribution in [1.82, 2.24) is 0 Å². The minimum absolute atomic E-state index is 0.304. The van der Waals surface area contributed by atoms with Crippen molar-refractivity contribution in [2.24, 2.45) is 17.8 Å². The van der Waals surface area contributed by atoms with Gasteiger partial charge in [-0.3, -0.25) is 0 Å². The topological polar surface area (TPSA) is 43.4 Å². The molecule has 1 aromatic carbocycles. The Bertz CT molecular complexity index is 617. The minimum atomic E-state index is -3.74. The second-order valence-electron chi connectivity index (χ2n) is 8.84. The SMILES string of the molecule is Cc1cc(C)cc(S(=O)(=O)O[Si](CC(C)C)(CC(C)C)CC(C)C)c1. The molecule has 25 heavy (non-hydrogen) atoms. The highest BCUT2D eigenvalue weighted by Crippen LogP contribution is 2.36. The van der Waals surface area contributed by atoms with Crippen molar-refractivity contribution in [3.05, 3.63) is 29.3 Å². The first-order valence-corrected chi connectivity index (χ1v) is 13.3. The molecule has 0 aliphatic heterocycles. The smallest absolute Gasteiger partial charge is 0.287 e. The third kappa shape index (κ3) is 7.23. The largest absolute Gasteiger partial charge is 0.311 e. The van der Waals surface area contributed by atoms with Gasteiger partial charge in [0.2, 0.25) is 8.32 Å². The number of hydrogen-bond acceptors (Lipinski definition) is 3. The molecule has 0 aliphatic rings. The molecule has 0 spiro atoms. The molecule has 1 aromatic rings. The maximum atomic E-state index is 13.1. The quantitative estimate of drug-likeness (QED) is 0.496. The van der Waals surface area contributed by atoms with Gasteiger partial charge in [0, 0.05) is 0 Å². The third-order valence-corrected chi connectivity index (χ3v) is 11.9. The summed E-state index contributed by atoms with van der Waals surface area (Å²) in [5.41, 5.74) is 1.90. The second-order valence-corrected chi connectivity index (χ2v) is 14.5. The normalized spacial score (nSPS) is 13.2. The highest BCUT2D eigenvalue weighted by molar-refractivity contribution is 7.87. The Balaban J connectivity index is 3.33. The van der Waals surface area contributed by atoms with Gasteiger partial charge in [0.1, 0.15) is 0 Å². The van der Waals surface area contributed by atoms with Gasteiger partial charge in [0.05, 0.1) is 4.90 Å². The minimum Gasteiger partial charge on any atom is -0.311 e. The molecular weight excluding hydrogens is 348 g/mol. The van der Waals surface area contributed by atoms with E-state index in [-0.39, 0.29) is 0 Å². The van der Waals surface area contributed by atoms with Crippen LogP contribution in [0.5, 0.6) is 0 Å². The molecule has 0 aromatic heterocycles. The van der Waals surface area contributed by atoms with E-state index in [1.807, 2.05) is 19.9 Å². The van der Waals surface area contributed by atoms with Crippen LogP contribution < -0.4 is 0 Å². The van der Waals surface area contributed by atoms with Gasteiger partial charge in [-0.25, -0.2) is 0 Å². The van der Waals surface area contributed by atoms with Gasteiger partial charge in [-0.05, 0) is 73.0 Å². The van der Waals surface area contributed by atoms with Crippen molar-refractivity contribution >= 4 is 18.4 Å². The lowest BCUT2D eigenvalue weighted by molar-refractivity contribution is 0.447. The zero-order valence-corrected chi connectivity index (χ0v) is 19.0. The summed E-state index contributed by atoms with van der Waals surface area (Å²) < 4.78 is 32.4.